The number of anilines is 1. The maximum absolute atomic E-state index is 13.0. The fourth-order valence-electron chi connectivity index (χ4n) is 3.31. The molecule has 0 bridgehead atoms. The van der Waals surface area contributed by atoms with Gasteiger partial charge in [-0.25, -0.2) is 5.43 Å². The molecule has 0 spiro atoms. The lowest BCUT2D eigenvalue weighted by Gasteiger charge is -2.05. The van der Waals surface area contributed by atoms with E-state index >= 15 is 0 Å². The normalized spacial score (nSPS) is 10.8. The van der Waals surface area contributed by atoms with Crippen molar-refractivity contribution in [3.63, 3.8) is 0 Å². The van der Waals surface area contributed by atoms with Crippen LogP contribution in [0, 0.1) is 0 Å². The molecule has 5 aromatic rings. The molecule has 3 aromatic heterocycles. The number of aromatic nitrogens is 3. The lowest BCUT2D eigenvalue weighted by molar-refractivity contribution is 0.0936. The van der Waals surface area contributed by atoms with Crippen LogP contribution in [0.2, 0.25) is 0 Å². The number of rotatable bonds is 6. The number of carbonyl (C=O) groups excluding carboxylic acids is 1. The molecule has 32 heavy (non-hydrogen) atoms. The number of hydrazine groups is 1. The van der Waals surface area contributed by atoms with Crippen LogP contribution in [0.5, 0.6) is 5.75 Å². The molecule has 0 aliphatic rings. The van der Waals surface area contributed by atoms with Gasteiger partial charge >= 0.3 is 11.9 Å². The van der Waals surface area contributed by atoms with Gasteiger partial charge in [0, 0.05) is 35.0 Å². The van der Waals surface area contributed by atoms with Crippen LogP contribution in [-0.4, -0.2) is 28.1 Å². The Bertz CT molecular complexity index is 1380. The van der Waals surface area contributed by atoms with E-state index in [9.17, 15) is 4.79 Å². The Hall–Kier alpha value is -4.66. The van der Waals surface area contributed by atoms with E-state index in [1.54, 1.807) is 37.7 Å². The van der Waals surface area contributed by atoms with Gasteiger partial charge in [-0.1, -0.05) is 35.5 Å². The second-order valence-electron chi connectivity index (χ2n) is 6.77. The van der Waals surface area contributed by atoms with E-state index in [-0.39, 0.29) is 11.8 Å². The highest BCUT2D eigenvalue weighted by atomic mass is 16.5. The maximum atomic E-state index is 13.0. The van der Waals surface area contributed by atoms with E-state index in [2.05, 4.69) is 26.0 Å². The third-order valence-electron chi connectivity index (χ3n) is 4.81. The van der Waals surface area contributed by atoms with Crippen LogP contribution in [0.15, 0.2) is 82.0 Å². The molecule has 0 saturated heterocycles. The zero-order chi connectivity index (χ0) is 21.9. The van der Waals surface area contributed by atoms with Gasteiger partial charge in [0.25, 0.3) is 0 Å². The van der Waals surface area contributed by atoms with Gasteiger partial charge in [-0.15, -0.1) is 0 Å². The van der Waals surface area contributed by atoms with Gasteiger partial charge in [0.1, 0.15) is 11.3 Å². The van der Waals surface area contributed by atoms with E-state index in [0.717, 1.165) is 16.5 Å². The van der Waals surface area contributed by atoms with Crippen molar-refractivity contribution in [3.05, 3.63) is 78.8 Å². The number of nitrogens with zero attached hydrogens (tertiary/aromatic N) is 3. The van der Waals surface area contributed by atoms with Gasteiger partial charge in [-0.3, -0.25) is 15.2 Å². The van der Waals surface area contributed by atoms with Crippen molar-refractivity contribution in [3.8, 4) is 28.3 Å². The highest BCUT2D eigenvalue weighted by Crippen LogP contribution is 2.36. The number of nitrogens with one attached hydrogen (secondary N) is 2. The summed E-state index contributed by atoms with van der Waals surface area (Å²) in [6, 6.07) is 18.5. The largest absolute Gasteiger partial charge is 0.497 e. The zero-order valence-corrected chi connectivity index (χ0v) is 16.9. The molecule has 2 aromatic carbocycles. The summed E-state index contributed by atoms with van der Waals surface area (Å²) in [4.78, 5) is 21.2. The Kier molecular flexibility index (Phi) is 4.97. The molecule has 2 N–H and O–H groups in total. The first kappa shape index (κ1) is 19.3. The van der Waals surface area contributed by atoms with Crippen LogP contribution < -0.4 is 15.6 Å². The molecule has 3 heterocycles. The topological polar surface area (TPSA) is 115 Å². The van der Waals surface area contributed by atoms with Crippen molar-refractivity contribution >= 4 is 22.9 Å². The van der Waals surface area contributed by atoms with Gasteiger partial charge in [0.05, 0.1) is 7.11 Å². The monoisotopic (exact) mass is 427 g/mol. The molecule has 0 aliphatic heterocycles. The van der Waals surface area contributed by atoms with Crippen LogP contribution in [-0.2, 0) is 0 Å². The predicted octanol–water partition coefficient (Wildman–Crippen LogP) is 4.31. The molecule has 0 fully saturated rings. The smallest absolute Gasteiger partial charge is 0.340 e. The highest BCUT2D eigenvalue weighted by Gasteiger charge is 2.23. The number of fused-ring (bicyclic) bond motifs is 1. The lowest BCUT2D eigenvalue weighted by Crippen LogP contribution is -2.29. The van der Waals surface area contributed by atoms with Crippen molar-refractivity contribution in [1.29, 1.82) is 0 Å². The summed E-state index contributed by atoms with van der Waals surface area (Å²) in [5.41, 5.74) is 7.98. The van der Waals surface area contributed by atoms with Crippen LogP contribution in [0.1, 0.15) is 10.6 Å². The molecule has 5 rings (SSSR count). The summed E-state index contributed by atoms with van der Waals surface area (Å²) in [5.74, 6) is 0.638. The maximum Gasteiger partial charge on any atom is 0.340 e. The third-order valence-corrected chi connectivity index (χ3v) is 4.81. The summed E-state index contributed by atoms with van der Waals surface area (Å²) in [6.45, 7) is 0. The Balaban J connectivity index is 1.44. The van der Waals surface area contributed by atoms with Crippen molar-refractivity contribution in [2.75, 3.05) is 12.5 Å². The molecule has 0 unspecified atom stereocenters. The minimum Gasteiger partial charge on any atom is -0.497 e. The molecule has 0 aliphatic carbocycles. The van der Waals surface area contributed by atoms with E-state index in [4.69, 9.17) is 13.7 Å². The first-order chi connectivity index (χ1) is 15.7. The average Bonchev–Trinajstić information content (AvgIpc) is 3.48. The van der Waals surface area contributed by atoms with Crippen molar-refractivity contribution < 1.29 is 18.5 Å². The highest BCUT2D eigenvalue weighted by molar-refractivity contribution is 6.08. The van der Waals surface area contributed by atoms with Crippen LogP contribution >= 0.6 is 0 Å². The van der Waals surface area contributed by atoms with Gasteiger partial charge < -0.3 is 13.7 Å². The van der Waals surface area contributed by atoms with E-state index in [0.29, 0.717) is 22.7 Å². The number of carbonyl (C=O) groups is 1. The summed E-state index contributed by atoms with van der Waals surface area (Å²) < 4.78 is 16.3. The quantitative estimate of drug-likeness (QED) is 0.385. The first-order valence-corrected chi connectivity index (χ1v) is 9.69. The van der Waals surface area contributed by atoms with E-state index < -0.39 is 5.91 Å². The van der Waals surface area contributed by atoms with Crippen LogP contribution in [0.4, 0.5) is 6.01 Å². The molecule has 9 nitrogen and oxygen atoms in total. The van der Waals surface area contributed by atoms with Gasteiger partial charge in [-0.2, -0.15) is 4.98 Å². The molecule has 1 amide bonds. The first-order valence-electron chi connectivity index (χ1n) is 9.69. The van der Waals surface area contributed by atoms with Gasteiger partial charge in [0.2, 0.25) is 11.6 Å². The number of hydrogen-bond donors (Lipinski definition) is 2. The molecule has 9 heteroatoms. The summed E-state index contributed by atoms with van der Waals surface area (Å²) in [5, 5.41) is 4.68. The molecule has 0 atom stereocenters. The molecular weight excluding hydrogens is 410 g/mol. The average molecular weight is 427 g/mol. The Morgan fingerprint density at radius 1 is 1.00 bits per heavy atom. The number of amides is 1. The summed E-state index contributed by atoms with van der Waals surface area (Å²) in [6.07, 6.45) is 3.25. The van der Waals surface area contributed by atoms with E-state index in [1.165, 1.54) is 0 Å². The fourth-order valence-corrected chi connectivity index (χ4v) is 3.31. The number of hydrogen-bond acceptors (Lipinski definition) is 8. The number of benzene rings is 2. The molecule has 0 radical (unpaired) electrons. The Morgan fingerprint density at radius 3 is 2.59 bits per heavy atom. The lowest BCUT2D eigenvalue weighted by atomic mass is 10.0. The minimum atomic E-state index is -0.498. The van der Waals surface area contributed by atoms with Crippen molar-refractivity contribution in [2.24, 2.45) is 0 Å². The Labute approximate surface area is 182 Å². The van der Waals surface area contributed by atoms with Crippen molar-refractivity contribution in [2.45, 2.75) is 0 Å². The fraction of sp³-hybridized carbons (Fsp3) is 0.0435. The molecular formula is C23H17N5O4. The minimum absolute atomic E-state index is 0.0317. The second kappa shape index (κ2) is 8.23. The number of methoxy groups -OCH3 is 1. The molecule has 0 saturated carbocycles. The van der Waals surface area contributed by atoms with Gasteiger partial charge in [-0.05, 0) is 29.8 Å². The number of pyridine rings is 1. The predicted molar refractivity (Wildman–Crippen MR) is 117 cm³/mol. The summed E-state index contributed by atoms with van der Waals surface area (Å²) >= 11 is 0. The standard InChI is InChI=1S/C23H17N5O4/c1-30-16-7-8-17-18(13-16)31-20(19(17)14-5-3-2-4-6-14)22(29)26-27-23-25-21(28-32-23)15-9-11-24-12-10-15/h2-13H,1H3,(H,26,29)(H,25,27,28). The third kappa shape index (κ3) is 3.63. The number of furan rings is 1. The molecule has 158 valence electrons. The van der Waals surface area contributed by atoms with E-state index in [1.807, 2.05) is 42.5 Å². The van der Waals surface area contributed by atoms with Crippen molar-refractivity contribution in [1.82, 2.24) is 20.6 Å². The zero-order valence-electron chi connectivity index (χ0n) is 16.9. The summed E-state index contributed by atoms with van der Waals surface area (Å²) in [7, 11) is 1.57. The van der Waals surface area contributed by atoms with Gasteiger partial charge in [0.15, 0.2) is 0 Å². The van der Waals surface area contributed by atoms with Crippen LogP contribution in [0.3, 0.4) is 0 Å². The van der Waals surface area contributed by atoms with Crippen LogP contribution in [0.25, 0.3) is 33.5 Å². The second-order valence-corrected chi connectivity index (χ2v) is 6.77. The Morgan fingerprint density at radius 2 is 1.81 bits per heavy atom. The SMILES string of the molecule is COc1ccc2c(-c3ccccc3)c(C(=O)NNc3nc(-c4ccncc4)no3)oc2c1. The number of ether oxygens (including phenoxy) is 1.